The summed E-state index contributed by atoms with van der Waals surface area (Å²) in [5.74, 6) is 0. The maximum Gasteiger partial charge on any atom is 2.00 e. The normalized spacial score (nSPS) is 8.18. The van der Waals surface area contributed by atoms with Crippen LogP contribution in [0.25, 0.3) is 0 Å². The number of unbranched alkanes of at least 4 members (excludes halogenated alkanes) is 4. The molecule has 0 fully saturated rings. The van der Waals surface area contributed by atoms with Crippen molar-refractivity contribution < 1.29 is 17.0 Å². The van der Waals surface area contributed by atoms with Gasteiger partial charge in [0.25, 0.3) is 0 Å². The summed E-state index contributed by atoms with van der Waals surface area (Å²) in [7, 11) is 0. The second kappa shape index (κ2) is 18.8. The third-order valence-corrected chi connectivity index (χ3v) is 2.41. The van der Waals surface area contributed by atoms with Gasteiger partial charge in [0.05, 0.1) is 0 Å². The number of hydrogen-bond acceptors (Lipinski definition) is 0. The molecule has 1 aromatic rings. The number of aryl methyl sites for hydroxylation is 1. The average Bonchev–Trinajstić information content (AvgIpc) is 2.33. The molecule has 0 nitrogen and oxygen atoms in total. The van der Waals surface area contributed by atoms with Crippen LogP contribution in [0, 0.1) is 6.92 Å². The van der Waals surface area contributed by atoms with E-state index in [0.717, 1.165) is 0 Å². The topological polar surface area (TPSA) is 0 Å². The van der Waals surface area contributed by atoms with E-state index in [4.69, 9.17) is 0 Å². The molecule has 0 aliphatic rings. The van der Waals surface area contributed by atoms with Crippen LogP contribution in [0.3, 0.4) is 0 Å². The Balaban J connectivity index is -0.000000464. The maximum absolute atomic E-state index is 3.25. The molecule has 0 amide bonds. The van der Waals surface area contributed by atoms with E-state index in [1.54, 1.807) is 6.92 Å². The Morgan fingerprint density at radius 1 is 0.882 bits per heavy atom. The van der Waals surface area contributed by atoms with Gasteiger partial charge in [-0.2, -0.15) is 6.92 Å². The Kier molecular flexibility index (Phi) is 25.1. The monoisotopic (exact) mass is 308 g/mol. The zero-order chi connectivity index (χ0) is 11.4. The van der Waals surface area contributed by atoms with Gasteiger partial charge < -0.3 is 23.9 Å². The van der Waals surface area contributed by atoms with Gasteiger partial charge in [0.2, 0.25) is 0 Å². The summed E-state index contributed by atoms with van der Waals surface area (Å²) in [4.78, 5) is 0. The van der Waals surface area contributed by atoms with E-state index in [-0.39, 0.29) is 40.0 Å². The smallest absolute Gasteiger partial charge is 1.00 e. The van der Waals surface area contributed by atoms with E-state index in [0.29, 0.717) is 0 Å². The molecule has 0 saturated heterocycles. The summed E-state index contributed by atoms with van der Waals surface area (Å²) < 4.78 is 0. The predicted molar refractivity (Wildman–Crippen MR) is 75.7 cm³/mol. The second-order valence-electron chi connectivity index (χ2n) is 3.65. The Labute approximate surface area is 135 Å². The van der Waals surface area contributed by atoms with E-state index in [1.807, 2.05) is 0 Å². The molecule has 0 saturated carbocycles. The quantitative estimate of drug-likeness (QED) is 0.426. The van der Waals surface area contributed by atoms with Crippen molar-refractivity contribution in [2.24, 2.45) is 0 Å². The predicted octanol–water partition coefficient (Wildman–Crippen LogP) is 1.66. The minimum absolute atomic E-state index is 0. The van der Waals surface area contributed by atoms with Crippen molar-refractivity contribution >= 4 is 23.1 Å². The van der Waals surface area contributed by atoms with Gasteiger partial charge in [0.15, 0.2) is 0 Å². The van der Waals surface area contributed by atoms with Gasteiger partial charge in [-0.15, -0.1) is 0 Å². The van der Waals surface area contributed by atoms with Crippen molar-refractivity contribution in [1.82, 2.24) is 0 Å². The van der Waals surface area contributed by atoms with Crippen LogP contribution in [-0.2, 0) is 6.42 Å². The fourth-order valence-electron chi connectivity index (χ4n) is 1.58. The fourth-order valence-corrected chi connectivity index (χ4v) is 1.58. The molecule has 0 aliphatic carbocycles. The molecule has 0 bridgehead atoms. The zero-order valence-corrected chi connectivity index (χ0v) is 14.4. The van der Waals surface area contributed by atoms with E-state index in [9.17, 15) is 0 Å². The summed E-state index contributed by atoms with van der Waals surface area (Å²) >= 11 is 0. The Morgan fingerprint density at radius 2 is 1.41 bits per heavy atom. The zero-order valence-electron chi connectivity index (χ0n) is 11.4. The Hall–Kier alpha value is 0.466. The SMILES string of the molecule is CCCCCCCc1ccccc1.[Br-].[CH2-]C.[Mg+2]. The Morgan fingerprint density at radius 3 is 1.94 bits per heavy atom. The van der Waals surface area contributed by atoms with Crippen LogP contribution in [0.4, 0.5) is 0 Å². The van der Waals surface area contributed by atoms with Gasteiger partial charge >= 0.3 is 23.1 Å². The van der Waals surface area contributed by atoms with E-state index < -0.39 is 0 Å². The molecular weight excluding hydrogens is 284 g/mol. The first-order chi connectivity index (χ1) is 7.43. The number of benzene rings is 1. The summed E-state index contributed by atoms with van der Waals surface area (Å²) in [6.45, 7) is 7.26. The molecular formula is C15H25BrMg. The molecule has 0 radical (unpaired) electrons. The van der Waals surface area contributed by atoms with Crippen LogP contribution in [0.2, 0.25) is 0 Å². The standard InChI is InChI=1S/C13H20.C2H5.BrH.Mg/c1-2-3-4-5-7-10-13-11-8-6-9-12-13;1-2;;/h6,8-9,11-12H,2-5,7,10H2,1H3;1H2,2H3;1H;/q;-1;;+2/p-1. The van der Waals surface area contributed by atoms with Crippen LogP contribution in [0.15, 0.2) is 30.3 Å². The van der Waals surface area contributed by atoms with Crippen LogP contribution in [0.5, 0.6) is 0 Å². The van der Waals surface area contributed by atoms with Crippen molar-refractivity contribution in [1.29, 1.82) is 0 Å². The van der Waals surface area contributed by atoms with Gasteiger partial charge in [0.1, 0.15) is 0 Å². The van der Waals surface area contributed by atoms with Gasteiger partial charge in [-0.25, -0.2) is 0 Å². The Bertz CT molecular complexity index is 211. The molecule has 0 aliphatic heterocycles. The second-order valence-corrected chi connectivity index (χ2v) is 3.65. The van der Waals surface area contributed by atoms with E-state index in [2.05, 4.69) is 44.2 Å². The largest absolute Gasteiger partial charge is 2.00 e. The van der Waals surface area contributed by atoms with Crippen LogP contribution >= 0.6 is 0 Å². The first kappa shape index (κ1) is 22.6. The molecule has 17 heavy (non-hydrogen) atoms. The van der Waals surface area contributed by atoms with Crippen molar-refractivity contribution in [2.45, 2.75) is 52.4 Å². The summed E-state index contributed by atoms with van der Waals surface area (Å²) in [6.07, 6.45) is 8.14. The molecule has 0 heterocycles. The third kappa shape index (κ3) is 14.4. The maximum atomic E-state index is 3.25. The summed E-state index contributed by atoms with van der Waals surface area (Å²) in [6, 6.07) is 10.8. The van der Waals surface area contributed by atoms with Crippen molar-refractivity contribution in [3.63, 3.8) is 0 Å². The average molecular weight is 310 g/mol. The minimum Gasteiger partial charge on any atom is -1.00 e. The summed E-state index contributed by atoms with van der Waals surface area (Å²) in [5.41, 5.74) is 1.49. The molecule has 94 valence electrons. The van der Waals surface area contributed by atoms with Crippen LogP contribution in [-0.4, -0.2) is 23.1 Å². The third-order valence-electron chi connectivity index (χ3n) is 2.41. The van der Waals surface area contributed by atoms with Gasteiger partial charge in [0, 0.05) is 0 Å². The van der Waals surface area contributed by atoms with Crippen molar-refractivity contribution in [2.75, 3.05) is 0 Å². The first-order valence-electron chi connectivity index (χ1n) is 6.18. The van der Waals surface area contributed by atoms with Gasteiger partial charge in [-0.3, -0.25) is 0 Å². The van der Waals surface area contributed by atoms with Crippen molar-refractivity contribution in [3.8, 4) is 0 Å². The summed E-state index contributed by atoms with van der Waals surface area (Å²) in [5, 5.41) is 0. The van der Waals surface area contributed by atoms with Gasteiger partial charge in [-0.05, 0) is 18.4 Å². The molecule has 0 spiro atoms. The molecule has 0 aromatic heterocycles. The molecule has 0 unspecified atom stereocenters. The molecule has 2 heteroatoms. The number of halogens is 1. The van der Waals surface area contributed by atoms with Crippen molar-refractivity contribution in [3.05, 3.63) is 42.8 Å². The first-order valence-corrected chi connectivity index (χ1v) is 6.18. The molecule has 0 N–H and O–H groups in total. The minimum atomic E-state index is 0. The number of hydrogen-bond donors (Lipinski definition) is 0. The number of rotatable bonds is 6. The molecule has 1 aromatic carbocycles. The van der Waals surface area contributed by atoms with Crippen LogP contribution < -0.4 is 17.0 Å². The van der Waals surface area contributed by atoms with Gasteiger partial charge in [-0.1, -0.05) is 62.9 Å². The van der Waals surface area contributed by atoms with E-state index in [1.165, 1.54) is 44.1 Å². The van der Waals surface area contributed by atoms with Crippen LogP contribution in [0.1, 0.15) is 51.5 Å². The molecule has 0 atom stereocenters. The van der Waals surface area contributed by atoms with E-state index >= 15 is 0 Å². The fraction of sp³-hybridized carbons (Fsp3) is 0.533. The molecule has 1 rings (SSSR count).